The monoisotopic (exact) mass is 269 g/mol. The van der Waals surface area contributed by atoms with Crippen molar-refractivity contribution in [2.24, 2.45) is 0 Å². The highest BCUT2D eigenvalue weighted by Crippen LogP contribution is 2.33. The summed E-state index contributed by atoms with van der Waals surface area (Å²) in [6, 6.07) is 3.44. The summed E-state index contributed by atoms with van der Waals surface area (Å²) in [7, 11) is -1.41. The quantitative estimate of drug-likeness (QED) is 0.626. The zero-order chi connectivity index (χ0) is 10.8. The number of hydrogen-bond acceptors (Lipinski definition) is 3. The molecule has 0 atom stereocenters. The minimum Gasteiger partial charge on any atom is -0.423 e. The van der Waals surface area contributed by atoms with E-state index in [4.69, 9.17) is 10.0 Å². The molecule has 15 heavy (non-hydrogen) atoms. The van der Waals surface area contributed by atoms with Gasteiger partial charge in [-0.3, -0.25) is 0 Å². The summed E-state index contributed by atoms with van der Waals surface area (Å²) in [6.45, 7) is 0. The normalized spacial score (nSPS) is 17.0. The number of pyridine rings is 1. The zero-order valence-corrected chi connectivity index (χ0v) is 9.94. The van der Waals surface area contributed by atoms with Crippen LogP contribution in [0.25, 0.3) is 0 Å². The molecule has 0 saturated heterocycles. The molecule has 1 aliphatic rings. The van der Waals surface area contributed by atoms with E-state index in [1.165, 1.54) is 12.8 Å². The van der Waals surface area contributed by atoms with Gasteiger partial charge in [-0.2, -0.15) is 0 Å². The van der Waals surface area contributed by atoms with Gasteiger partial charge in [0.15, 0.2) is 0 Å². The van der Waals surface area contributed by atoms with Crippen molar-refractivity contribution >= 4 is 28.5 Å². The SMILES string of the molecule is OB(O)c1cc(Br)nc(C2CCCC2)c1. The van der Waals surface area contributed by atoms with E-state index in [9.17, 15) is 0 Å². The first-order valence-corrected chi connectivity index (χ1v) is 5.99. The number of aromatic nitrogens is 1. The highest BCUT2D eigenvalue weighted by molar-refractivity contribution is 9.10. The summed E-state index contributed by atoms with van der Waals surface area (Å²) in [5.41, 5.74) is 1.49. The van der Waals surface area contributed by atoms with Gasteiger partial charge >= 0.3 is 7.12 Å². The maximum Gasteiger partial charge on any atom is 0.488 e. The van der Waals surface area contributed by atoms with Crippen molar-refractivity contribution in [3.8, 4) is 0 Å². The van der Waals surface area contributed by atoms with Gasteiger partial charge in [-0.25, -0.2) is 4.98 Å². The number of hydrogen-bond donors (Lipinski definition) is 2. The van der Waals surface area contributed by atoms with Crippen molar-refractivity contribution in [2.45, 2.75) is 31.6 Å². The predicted molar refractivity (Wildman–Crippen MR) is 63.0 cm³/mol. The van der Waals surface area contributed by atoms with Gasteiger partial charge in [-0.1, -0.05) is 12.8 Å². The summed E-state index contributed by atoms with van der Waals surface area (Å²) in [4.78, 5) is 4.39. The van der Waals surface area contributed by atoms with E-state index in [1.54, 1.807) is 12.1 Å². The van der Waals surface area contributed by atoms with Crippen LogP contribution in [0, 0.1) is 0 Å². The Kier molecular flexibility index (Phi) is 3.44. The maximum atomic E-state index is 9.12. The first-order valence-electron chi connectivity index (χ1n) is 5.20. The molecule has 0 radical (unpaired) electrons. The second kappa shape index (κ2) is 4.64. The lowest BCUT2D eigenvalue weighted by molar-refractivity contribution is 0.425. The van der Waals surface area contributed by atoms with E-state index < -0.39 is 7.12 Å². The molecule has 2 N–H and O–H groups in total. The molecule has 1 aliphatic carbocycles. The number of halogens is 1. The van der Waals surface area contributed by atoms with E-state index in [0.29, 0.717) is 16.0 Å². The van der Waals surface area contributed by atoms with Gasteiger partial charge in [0, 0.05) is 11.6 Å². The maximum absolute atomic E-state index is 9.12. The molecule has 1 saturated carbocycles. The lowest BCUT2D eigenvalue weighted by atomic mass is 9.80. The van der Waals surface area contributed by atoms with Crippen LogP contribution < -0.4 is 5.46 Å². The van der Waals surface area contributed by atoms with Crippen molar-refractivity contribution in [1.29, 1.82) is 0 Å². The molecule has 0 aromatic carbocycles. The van der Waals surface area contributed by atoms with Gasteiger partial charge in [0.25, 0.3) is 0 Å². The average molecular weight is 270 g/mol. The van der Waals surface area contributed by atoms with E-state index in [0.717, 1.165) is 18.5 Å². The lowest BCUT2D eigenvalue weighted by Crippen LogP contribution is -2.30. The van der Waals surface area contributed by atoms with Crippen molar-refractivity contribution in [2.75, 3.05) is 0 Å². The second-order valence-electron chi connectivity index (χ2n) is 4.00. The number of rotatable bonds is 2. The summed E-state index contributed by atoms with van der Waals surface area (Å²) < 4.78 is 0.676. The first kappa shape index (κ1) is 11.1. The first-order chi connectivity index (χ1) is 7.16. The van der Waals surface area contributed by atoms with Crippen LogP contribution in [0.5, 0.6) is 0 Å². The molecule has 5 heteroatoms. The molecule has 80 valence electrons. The molecule has 1 heterocycles. The van der Waals surface area contributed by atoms with Crippen molar-refractivity contribution in [3.63, 3.8) is 0 Å². The second-order valence-corrected chi connectivity index (χ2v) is 4.82. The molecule has 1 aromatic heterocycles. The topological polar surface area (TPSA) is 53.4 Å². The Morgan fingerprint density at radius 2 is 1.93 bits per heavy atom. The van der Waals surface area contributed by atoms with Gasteiger partial charge in [-0.05, 0) is 46.4 Å². The standard InChI is InChI=1S/C10H13BBrNO2/c12-10-6-8(11(14)15)5-9(13-10)7-3-1-2-4-7/h5-7,14-15H,1-4H2. The molecule has 1 aromatic rings. The molecule has 2 rings (SSSR count). The van der Waals surface area contributed by atoms with Gasteiger partial charge in [-0.15, -0.1) is 0 Å². The van der Waals surface area contributed by atoms with E-state index in [1.807, 2.05) is 0 Å². The van der Waals surface area contributed by atoms with Crippen LogP contribution in [0.1, 0.15) is 37.3 Å². The van der Waals surface area contributed by atoms with E-state index in [-0.39, 0.29) is 0 Å². The van der Waals surface area contributed by atoms with Crippen molar-refractivity contribution < 1.29 is 10.0 Å². The van der Waals surface area contributed by atoms with Crippen LogP contribution in [0.2, 0.25) is 0 Å². The molecular formula is C10H13BBrNO2. The fraction of sp³-hybridized carbons (Fsp3) is 0.500. The highest BCUT2D eigenvalue weighted by Gasteiger charge is 2.21. The average Bonchev–Trinajstić information content (AvgIpc) is 2.69. The van der Waals surface area contributed by atoms with Gasteiger partial charge in [0.1, 0.15) is 4.60 Å². The van der Waals surface area contributed by atoms with Crippen LogP contribution in [0.15, 0.2) is 16.7 Å². The van der Waals surface area contributed by atoms with E-state index in [2.05, 4.69) is 20.9 Å². The van der Waals surface area contributed by atoms with Gasteiger partial charge in [0.05, 0.1) is 0 Å². The Balaban J connectivity index is 2.30. The zero-order valence-electron chi connectivity index (χ0n) is 8.36. The molecule has 0 bridgehead atoms. The fourth-order valence-electron chi connectivity index (χ4n) is 2.12. The van der Waals surface area contributed by atoms with Gasteiger partial charge < -0.3 is 10.0 Å². The third-order valence-electron chi connectivity index (χ3n) is 2.91. The molecule has 1 fully saturated rings. The predicted octanol–water partition coefficient (Wildman–Crippen LogP) is 1.18. The van der Waals surface area contributed by atoms with E-state index >= 15 is 0 Å². The van der Waals surface area contributed by atoms with Crippen LogP contribution in [-0.2, 0) is 0 Å². The fourth-order valence-corrected chi connectivity index (χ4v) is 2.59. The molecule has 0 aliphatic heterocycles. The van der Waals surface area contributed by atoms with Gasteiger partial charge in [0.2, 0.25) is 0 Å². The molecule has 0 spiro atoms. The number of nitrogens with zero attached hydrogens (tertiary/aromatic N) is 1. The van der Waals surface area contributed by atoms with Crippen molar-refractivity contribution in [3.05, 3.63) is 22.4 Å². The largest absolute Gasteiger partial charge is 0.488 e. The third-order valence-corrected chi connectivity index (χ3v) is 3.31. The van der Waals surface area contributed by atoms with Crippen LogP contribution >= 0.6 is 15.9 Å². The van der Waals surface area contributed by atoms with Crippen LogP contribution in [-0.4, -0.2) is 22.2 Å². The Morgan fingerprint density at radius 1 is 1.27 bits per heavy atom. The summed E-state index contributed by atoms with van der Waals surface area (Å²) in [5, 5.41) is 18.2. The summed E-state index contributed by atoms with van der Waals surface area (Å²) in [5.74, 6) is 0.486. The Hall–Kier alpha value is -0.385. The molecular weight excluding hydrogens is 257 g/mol. The third kappa shape index (κ3) is 2.59. The lowest BCUT2D eigenvalue weighted by Gasteiger charge is -2.10. The smallest absolute Gasteiger partial charge is 0.423 e. The Morgan fingerprint density at radius 3 is 2.53 bits per heavy atom. The molecule has 3 nitrogen and oxygen atoms in total. The Bertz CT molecular complexity index is 353. The molecule has 0 amide bonds. The minimum absolute atomic E-state index is 0.486. The summed E-state index contributed by atoms with van der Waals surface area (Å²) >= 11 is 3.30. The summed E-state index contributed by atoms with van der Waals surface area (Å²) in [6.07, 6.45) is 4.81. The highest BCUT2D eigenvalue weighted by atomic mass is 79.9. The van der Waals surface area contributed by atoms with Crippen LogP contribution in [0.3, 0.4) is 0 Å². The molecule has 0 unspecified atom stereocenters. The minimum atomic E-state index is -1.41. The van der Waals surface area contributed by atoms with Crippen molar-refractivity contribution in [1.82, 2.24) is 4.98 Å². The van der Waals surface area contributed by atoms with Crippen LogP contribution in [0.4, 0.5) is 0 Å². The Labute approximate surface area is 97.8 Å².